The minimum atomic E-state index is -0.206. The number of ether oxygens (including phenoxy) is 1. The monoisotopic (exact) mass is 377 g/mol. The number of carbonyl (C=O) groups excluding carboxylic acids is 1. The highest BCUT2D eigenvalue weighted by Crippen LogP contribution is 2.23. The molecule has 2 aromatic carbocycles. The van der Waals surface area contributed by atoms with E-state index >= 15 is 0 Å². The van der Waals surface area contributed by atoms with Crippen molar-refractivity contribution >= 4 is 11.7 Å². The molecular formula is C23H27N3O2. The lowest BCUT2D eigenvalue weighted by molar-refractivity contribution is 0.251. The molecule has 28 heavy (non-hydrogen) atoms. The molecule has 1 aromatic heterocycles. The highest BCUT2D eigenvalue weighted by atomic mass is 16.5. The third kappa shape index (κ3) is 4.19. The average molecular weight is 377 g/mol. The zero-order valence-corrected chi connectivity index (χ0v) is 17.1. The van der Waals surface area contributed by atoms with Gasteiger partial charge in [-0.2, -0.15) is 0 Å². The van der Waals surface area contributed by atoms with Crippen LogP contribution < -0.4 is 15.4 Å². The van der Waals surface area contributed by atoms with Gasteiger partial charge in [0.1, 0.15) is 5.75 Å². The molecular weight excluding hydrogens is 350 g/mol. The van der Waals surface area contributed by atoms with Crippen LogP contribution in [0.15, 0.2) is 48.5 Å². The normalized spacial score (nSPS) is 10.6. The van der Waals surface area contributed by atoms with Crippen LogP contribution in [0.3, 0.4) is 0 Å². The van der Waals surface area contributed by atoms with Crippen molar-refractivity contribution in [2.45, 2.75) is 34.2 Å². The minimum absolute atomic E-state index is 0.206. The molecule has 0 aliphatic rings. The van der Waals surface area contributed by atoms with Gasteiger partial charge in [-0.05, 0) is 80.8 Å². The van der Waals surface area contributed by atoms with Crippen LogP contribution in [-0.4, -0.2) is 17.7 Å². The SMILES string of the molecule is COc1ccc(-n2c(C)cc(CNC(=O)Nc3cc(C)ccc3C)c2C)cc1. The summed E-state index contributed by atoms with van der Waals surface area (Å²) in [6.45, 7) is 8.59. The number of hydrogen-bond donors (Lipinski definition) is 2. The highest BCUT2D eigenvalue weighted by Gasteiger charge is 2.12. The fourth-order valence-electron chi connectivity index (χ4n) is 3.35. The van der Waals surface area contributed by atoms with Crippen molar-refractivity contribution in [1.29, 1.82) is 0 Å². The van der Waals surface area contributed by atoms with E-state index in [4.69, 9.17) is 4.74 Å². The number of aryl methyl sites for hydroxylation is 3. The fourth-order valence-corrected chi connectivity index (χ4v) is 3.35. The van der Waals surface area contributed by atoms with Crippen molar-refractivity contribution in [3.05, 3.63) is 76.6 Å². The smallest absolute Gasteiger partial charge is 0.319 e. The largest absolute Gasteiger partial charge is 0.497 e. The number of aromatic nitrogens is 1. The number of carbonyl (C=O) groups is 1. The second-order valence-corrected chi connectivity index (χ2v) is 7.06. The van der Waals surface area contributed by atoms with Crippen LogP contribution in [0.5, 0.6) is 5.75 Å². The standard InChI is InChI=1S/C23H27N3O2/c1-15-6-7-16(2)22(12-15)25-23(27)24-14-19-13-17(3)26(18(19)4)20-8-10-21(28-5)11-9-20/h6-13H,14H2,1-5H3,(H2,24,25,27). The first-order valence-corrected chi connectivity index (χ1v) is 9.33. The molecule has 5 nitrogen and oxygen atoms in total. The summed E-state index contributed by atoms with van der Waals surface area (Å²) in [5.74, 6) is 0.830. The minimum Gasteiger partial charge on any atom is -0.497 e. The van der Waals surface area contributed by atoms with E-state index in [1.54, 1.807) is 7.11 Å². The van der Waals surface area contributed by atoms with Gasteiger partial charge in [0.25, 0.3) is 0 Å². The van der Waals surface area contributed by atoms with Gasteiger partial charge in [0, 0.05) is 29.3 Å². The Kier molecular flexibility index (Phi) is 5.73. The maximum Gasteiger partial charge on any atom is 0.319 e. The zero-order chi connectivity index (χ0) is 20.3. The van der Waals surface area contributed by atoms with Crippen molar-refractivity contribution < 1.29 is 9.53 Å². The number of amides is 2. The molecule has 146 valence electrons. The first-order chi connectivity index (χ1) is 13.4. The van der Waals surface area contributed by atoms with Crippen LogP contribution in [0.25, 0.3) is 5.69 Å². The Hall–Kier alpha value is -3.21. The maximum absolute atomic E-state index is 12.3. The Bertz CT molecular complexity index is 988. The fraction of sp³-hybridized carbons (Fsp3) is 0.261. The lowest BCUT2D eigenvalue weighted by Gasteiger charge is -2.12. The number of nitrogens with zero attached hydrogens (tertiary/aromatic N) is 1. The summed E-state index contributed by atoms with van der Waals surface area (Å²) in [7, 11) is 1.66. The van der Waals surface area contributed by atoms with Crippen LogP contribution in [-0.2, 0) is 6.54 Å². The molecule has 0 aliphatic carbocycles. The van der Waals surface area contributed by atoms with Gasteiger partial charge in [0.15, 0.2) is 0 Å². The summed E-state index contributed by atoms with van der Waals surface area (Å²) in [5, 5.41) is 5.90. The van der Waals surface area contributed by atoms with Crippen molar-refractivity contribution in [2.75, 3.05) is 12.4 Å². The Morgan fingerprint density at radius 3 is 2.39 bits per heavy atom. The average Bonchev–Trinajstić information content (AvgIpc) is 2.96. The summed E-state index contributed by atoms with van der Waals surface area (Å²) in [4.78, 5) is 12.3. The summed E-state index contributed by atoms with van der Waals surface area (Å²) in [6.07, 6.45) is 0. The van der Waals surface area contributed by atoms with Crippen LogP contribution in [0, 0.1) is 27.7 Å². The van der Waals surface area contributed by atoms with E-state index in [1.165, 1.54) is 0 Å². The van der Waals surface area contributed by atoms with E-state index < -0.39 is 0 Å². The molecule has 0 radical (unpaired) electrons. The first-order valence-electron chi connectivity index (χ1n) is 9.33. The van der Waals surface area contributed by atoms with E-state index in [1.807, 2.05) is 56.3 Å². The lowest BCUT2D eigenvalue weighted by atomic mass is 10.1. The number of benzene rings is 2. The summed E-state index contributed by atoms with van der Waals surface area (Å²) >= 11 is 0. The number of anilines is 1. The van der Waals surface area contributed by atoms with Crippen LogP contribution >= 0.6 is 0 Å². The predicted octanol–water partition coefficient (Wildman–Crippen LogP) is 5.04. The predicted molar refractivity (Wildman–Crippen MR) is 114 cm³/mol. The summed E-state index contributed by atoms with van der Waals surface area (Å²) in [5.41, 5.74) is 7.37. The van der Waals surface area contributed by atoms with Gasteiger partial charge in [0.2, 0.25) is 0 Å². The Balaban J connectivity index is 1.71. The molecule has 0 unspecified atom stereocenters. The van der Waals surface area contributed by atoms with Gasteiger partial charge in [-0.3, -0.25) is 0 Å². The number of hydrogen-bond acceptors (Lipinski definition) is 2. The van der Waals surface area contributed by atoms with E-state index in [2.05, 4.69) is 35.1 Å². The molecule has 5 heteroatoms. The van der Waals surface area contributed by atoms with Crippen molar-refractivity contribution in [3.8, 4) is 11.4 Å². The Morgan fingerprint density at radius 2 is 1.71 bits per heavy atom. The van der Waals surface area contributed by atoms with Crippen molar-refractivity contribution in [3.63, 3.8) is 0 Å². The molecule has 0 saturated heterocycles. The Morgan fingerprint density at radius 1 is 1.00 bits per heavy atom. The van der Waals surface area contributed by atoms with Crippen LogP contribution in [0.1, 0.15) is 28.1 Å². The van der Waals surface area contributed by atoms with E-state index in [0.29, 0.717) is 6.54 Å². The lowest BCUT2D eigenvalue weighted by Crippen LogP contribution is -2.28. The first kappa shape index (κ1) is 19.5. The van der Waals surface area contributed by atoms with E-state index in [-0.39, 0.29) is 6.03 Å². The zero-order valence-electron chi connectivity index (χ0n) is 17.1. The number of urea groups is 1. The molecule has 1 heterocycles. The quantitative estimate of drug-likeness (QED) is 0.654. The number of nitrogens with one attached hydrogen (secondary N) is 2. The van der Waals surface area contributed by atoms with E-state index in [9.17, 15) is 4.79 Å². The Labute approximate surface area is 166 Å². The summed E-state index contributed by atoms with van der Waals surface area (Å²) < 4.78 is 7.42. The van der Waals surface area contributed by atoms with Crippen LogP contribution in [0.4, 0.5) is 10.5 Å². The van der Waals surface area contributed by atoms with Gasteiger partial charge in [0.05, 0.1) is 7.11 Å². The summed E-state index contributed by atoms with van der Waals surface area (Å²) in [6, 6.07) is 15.9. The molecule has 0 spiro atoms. The molecule has 0 saturated carbocycles. The highest BCUT2D eigenvalue weighted by molar-refractivity contribution is 5.90. The van der Waals surface area contributed by atoms with Gasteiger partial charge in [-0.15, -0.1) is 0 Å². The molecule has 0 aliphatic heterocycles. The van der Waals surface area contributed by atoms with Gasteiger partial charge < -0.3 is 19.9 Å². The van der Waals surface area contributed by atoms with Gasteiger partial charge in [-0.25, -0.2) is 4.79 Å². The third-order valence-electron chi connectivity index (χ3n) is 4.95. The molecule has 0 atom stereocenters. The molecule has 0 bridgehead atoms. The van der Waals surface area contributed by atoms with Crippen molar-refractivity contribution in [1.82, 2.24) is 9.88 Å². The van der Waals surface area contributed by atoms with Gasteiger partial charge in [-0.1, -0.05) is 12.1 Å². The second-order valence-electron chi connectivity index (χ2n) is 7.06. The molecule has 3 aromatic rings. The second kappa shape index (κ2) is 8.21. The molecule has 0 fully saturated rings. The van der Waals surface area contributed by atoms with E-state index in [0.717, 1.165) is 45.2 Å². The third-order valence-corrected chi connectivity index (χ3v) is 4.95. The van der Waals surface area contributed by atoms with Crippen LogP contribution in [0.2, 0.25) is 0 Å². The number of methoxy groups -OCH3 is 1. The van der Waals surface area contributed by atoms with Gasteiger partial charge >= 0.3 is 6.03 Å². The molecule has 3 rings (SSSR count). The molecule has 2 amide bonds. The number of rotatable bonds is 5. The topological polar surface area (TPSA) is 55.3 Å². The maximum atomic E-state index is 12.3. The van der Waals surface area contributed by atoms with Crippen molar-refractivity contribution in [2.24, 2.45) is 0 Å². The molecule has 2 N–H and O–H groups in total.